The number of rotatable bonds is 4. The van der Waals surface area contributed by atoms with Gasteiger partial charge >= 0.3 is 0 Å². The van der Waals surface area contributed by atoms with Crippen molar-refractivity contribution in [3.05, 3.63) is 157 Å². The highest BCUT2D eigenvalue weighted by molar-refractivity contribution is 6.14. The molecule has 236 valence electrons. The van der Waals surface area contributed by atoms with Gasteiger partial charge in [0.2, 0.25) is 0 Å². The van der Waals surface area contributed by atoms with Gasteiger partial charge in [0, 0.05) is 32.9 Å². The van der Waals surface area contributed by atoms with E-state index in [1.165, 1.54) is 38.5 Å². The third-order valence-electron chi connectivity index (χ3n) is 11.0. The van der Waals surface area contributed by atoms with Gasteiger partial charge in [0.1, 0.15) is 0 Å². The van der Waals surface area contributed by atoms with Crippen LogP contribution in [0.5, 0.6) is 0 Å². The van der Waals surface area contributed by atoms with Crippen LogP contribution >= 0.6 is 0 Å². The van der Waals surface area contributed by atoms with Crippen LogP contribution in [0.15, 0.2) is 146 Å². The number of hydrogen-bond donors (Lipinski definition) is 0. The predicted molar refractivity (Wildman–Crippen MR) is 202 cm³/mol. The zero-order valence-corrected chi connectivity index (χ0v) is 28.1. The molecule has 8 aromatic rings. The number of hydrogen-bond acceptors (Lipinski definition) is 3. The summed E-state index contributed by atoms with van der Waals surface area (Å²) in [5, 5.41) is 2.55. The Hall–Kier alpha value is -5.87. The highest BCUT2D eigenvalue weighted by atomic mass is 15.1. The van der Waals surface area contributed by atoms with Gasteiger partial charge in [-0.15, -0.1) is 0 Å². The van der Waals surface area contributed by atoms with Gasteiger partial charge in [0.05, 0.1) is 16.7 Å². The minimum absolute atomic E-state index is 0.0848. The van der Waals surface area contributed by atoms with Gasteiger partial charge in [-0.2, -0.15) is 0 Å². The van der Waals surface area contributed by atoms with Crippen LogP contribution in [0.25, 0.3) is 72.8 Å². The van der Waals surface area contributed by atoms with Crippen molar-refractivity contribution in [3.8, 4) is 51.0 Å². The molecule has 0 saturated carbocycles. The van der Waals surface area contributed by atoms with Crippen LogP contribution in [0, 0.1) is 0 Å². The summed E-state index contributed by atoms with van der Waals surface area (Å²) in [7, 11) is 0. The first kappa shape index (κ1) is 29.3. The van der Waals surface area contributed by atoms with E-state index in [1.54, 1.807) is 0 Å². The summed E-state index contributed by atoms with van der Waals surface area (Å²) in [5.74, 6) is 1.94. The second-order valence-corrected chi connectivity index (χ2v) is 14.1. The molecule has 0 radical (unpaired) electrons. The Kier molecular flexibility index (Phi) is 6.47. The summed E-state index contributed by atoms with van der Waals surface area (Å²) < 4.78 is 2.41. The van der Waals surface area contributed by atoms with Crippen LogP contribution in [0.1, 0.15) is 38.8 Å². The number of aromatic nitrogens is 4. The molecule has 0 spiro atoms. The molecule has 0 unspecified atom stereocenters. The van der Waals surface area contributed by atoms with Gasteiger partial charge in [-0.25, -0.2) is 15.0 Å². The van der Waals surface area contributed by atoms with Crippen LogP contribution in [-0.4, -0.2) is 19.5 Å². The lowest BCUT2D eigenvalue weighted by molar-refractivity contribution is 0.301. The van der Waals surface area contributed by atoms with E-state index >= 15 is 0 Å². The van der Waals surface area contributed by atoms with Gasteiger partial charge in [-0.3, -0.25) is 0 Å². The minimum Gasteiger partial charge on any atom is -0.308 e. The molecular formula is C45H36N4. The van der Waals surface area contributed by atoms with E-state index in [2.05, 4.69) is 141 Å². The first-order valence-electron chi connectivity index (χ1n) is 17.0. The SMILES string of the molecule is CC1(C)c2ccccc2-c2ccc3c(c2C1(C)C)c1ccccc1n3-c1ccccc1-c1nc(-c2ccccc2)nc(-c2ccccc2)n1. The summed E-state index contributed by atoms with van der Waals surface area (Å²) >= 11 is 0. The number of nitrogens with zero attached hydrogens (tertiary/aromatic N) is 4. The lowest BCUT2D eigenvalue weighted by Crippen LogP contribution is -2.43. The largest absolute Gasteiger partial charge is 0.308 e. The van der Waals surface area contributed by atoms with Crippen molar-refractivity contribution in [2.24, 2.45) is 0 Å². The van der Waals surface area contributed by atoms with E-state index < -0.39 is 0 Å². The van der Waals surface area contributed by atoms with Gasteiger partial charge in [0.25, 0.3) is 0 Å². The topological polar surface area (TPSA) is 43.6 Å². The molecule has 0 bridgehead atoms. The highest BCUT2D eigenvalue weighted by Gasteiger charge is 2.47. The molecule has 0 atom stereocenters. The van der Waals surface area contributed by atoms with Gasteiger partial charge in [-0.05, 0) is 51.9 Å². The van der Waals surface area contributed by atoms with Gasteiger partial charge < -0.3 is 4.57 Å². The fourth-order valence-electron chi connectivity index (χ4n) is 7.89. The van der Waals surface area contributed by atoms with Gasteiger partial charge in [-0.1, -0.05) is 149 Å². The average molecular weight is 633 g/mol. The Balaban J connectivity index is 1.35. The van der Waals surface area contributed by atoms with E-state index in [4.69, 9.17) is 15.0 Å². The molecule has 0 N–H and O–H groups in total. The van der Waals surface area contributed by atoms with E-state index in [0.717, 1.165) is 27.9 Å². The molecule has 9 rings (SSSR count). The predicted octanol–water partition coefficient (Wildman–Crippen LogP) is 11.2. The van der Waals surface area contributed by atoms with Crippen molar-refractivity contribution in [1.29, 1.82) is 0 Å². The standard InChI is InChI=1S/C45H36N4/c1-44(2)35-24-14-11-21-31(35)32-27-28-38-39(40(32)45(44,3)4)33-22-12-15-25-36(33)49(38)37-26-16-13-23-34(37)43-47-41(29-17-7-5-8-18-29)46-42(48-43)30-19-9-6-10-20-30/h5-28H,1-4H3. The maximum Gasteiger partial charge on any atom is 0.166 e. The highest BCUT2D eigenvalue weighted by Crippen LogP contribution is 2.56. The first-order valence-corrected chi connectivity index (χ1v) is 17.0. The molecule has 0 saturated heterocycles. The van der Waals surface area contributed by atoms with E-state index in [0.29, 0.717) is 17.5 Å². The monoisotopic (exact) mass is 632 g/mol. The molecule has 6 aromatic carbocycles. The average Bonchev–Trinajstić information content (AvgIpc) is 3.48. The van der Waals surface area contributed by atoms with Crippen molar-refractivity contribution in [1.82, 2.24) is 19.5 Å². The fraction of sp³-hybridized carbons (Fsp3) is 0.133. The third kappa shape index (κ3) is 4.33. The normalized spacial score (nSPS) is 14.4. The van der Waals surface area contributed by atoms with Crippen LogP contribution < -0.4 is 0 Å². The lowest BCUT2D eigenvalue weighted by atomic mass is 9.55. The van der Waals surface area contributed by atoms with Crippen molar-refractivity contribution in [3.63, 3.8) is 0 Å². The zero-order valence-electron chi connectivity index (χ0n) is 28.1. The summed E-state index contributed by atoms with van der Waals surface area (Å²) in [6.45, 7) is 9.64. The lowest BCUT2D eigenvalue weighted by Gasteiger charge is -2.48. The Bertz CT molecular complexity index is 2480. The minimum atomic E-state index is -0.145. The third-order valence-corrected chi connectivity index (χ3v) is 11.0. The van der Waals surface area contributed by atoms with E-state index in [-0.39, 0.29) is 10.8 Å². The molecular weight excluding hydrogens is 597 g/mol. The van der Waals surface area contributed by atoms with Crippen molar-refractivity contribution >= 4 is 21.8 Å². The maximum atomic E-state index is 5.13. The Morgan fingerprint density at radius 1 is 0.429 bits per heavy atom. The molecule has 0 fully saturated rings. The van der Waals surface area contributed by atoms with Crippen molar-refractivity contribution in [2.45, 2.75) is 38.5 Å². The molecule has 2 heterocycles. The molecule has 0 amide bonds. The second kappa shape index (κ2) is 10.8. The van der Waals surface area contributed by atoms with E-state index in [1.807, 2.05) is 36.4 Å². The smallest absolute Gasteiger partial charge is 0.166 e. The molecule has 49 heavy (non-hydrogen) atoms. The number of fused-ring (bicyclic) bond motifs is 7. The zero-order chi connectivity index (χ0) is 33.3. The van der Waals surface area contributed by atoms with Crippen LogP contribution in [0.4, 0.5) is 0 Å². The number of para-hydroxylation sites is 2. The van der Waals surface area contributed by atoms with E-state index in [9.17, 15) is 0 Å². The molecule has 4 nitrogen and oxygen atoms in total. The number of benzene rings is 6. The quantitative estimate of drug-likeness (QED) is 0.194. The summed E-state index contributed by atoms with van der Waals surface area (Å²) in [5.41, 5.74) is 11.4. The second-order valence-electron chi connectivity index (χ2n) is 14.1. The molecule has 0 aliphatic heterocycles. The first-order chi connectivity index (χ1) is 23.8. The van der Waals surface area contributed by atoms with Crippen LogP contribution in [0.3, 0.4) is 0 Å². The maximum absolute atomic E-state index is 5.13. The molecule has 1 aliphatic carbocycles. The fourth-order valence-corrected chi connectivity index (χ4v) is 7.89. The van der Waals surface area contributed by atoms with Gasteiger partial charge in [0.15, 0.2) is 17.5 Å². The summed E-state index contributed by atoms with van der Waals surface area (Å²) in [6.07, 6.45) is 0. The van der Waals surface area contributed by atoms with Crippen molar-refractivity contribution < 1.29 is 0 Å². The molecule has 4 heteroatoms. The Morgan fingerprint density at radius 3 is 1.67 bits per heavy atom. The summed E-state index contributed by atoms with van der Waals surface area (Å²) in [4.78, 5) is 15.2. The Morgan fingerprint density at radius 2 is 0.980 bits per heavy atom. The van der Waals surface area contributed by atoms with Crippen molar-refractivity contribution in [2.75, 3.05) is 0 Å². The molecule has 1 aliphatic rings. The summed E-state index contributed by atoms with van der Waals surface area (Å²) in [6, 6.07) is 51.3. The molecule has 2 aromatic heterocycles. The Labute approximate surface area is 286 Å². The van der Waals surface area contributed by atoms with Crippen LogP contribution in [-0.2, 0) is 10.8 Å². The van der Waals surface area contributed by atoms with Crippen LogP contribution in [0.2, 0.25) is 0 Å².